The summed E-state index contributed by atoms with van der Waals surface area (Å²) < 4.78 is 72.1. The smallest absolute Gasteiger partial charge is 0.416 e. The average Bonchev–Trinajstić information content (AvgIpc) is 3.10. The van der Waals surface area contributed by atoms with Crippen LogP contribution in [0.4, 0.5) is 17.6 Å². The lowest BCUT2D eigenvalue weighted by atomic mass is 9.82. The van der Waals surface area contributed by atoms with Crippen molar-refractivity contribution in [3.8, 4) is 0 Å². The molecule has 3 rings (SSSR count). The number of hydrogen-bond acceptors (Lipinski definition) is 5. The van der Waals surface area contributed by atoms with E-state index in [0.717, 1.165) is 12.1 Å². The summed E-state index contributed by atoms with van der Waals surface area (Å²) in [4.78, 5) is 8.48. The monoisotopic (exact) mass is 503 g/mol. The third-order valence-corrected chi connectivity index (χ3v) is 6.80. The molecule has 1 unspecified atom stereocenters. The number of halogens is 5. The van der Waals surface area contributed by atoms with Gasteiger partial charge in [-0.25, -0.2) is 9.37 Å². The molecule has 0 saturated carbocycles. The molecule has 0 saturated heterocycles. The van der Waals surface area contributed by atoms with Crippen LogP contribution < -0.4 is 4.72 Å². The maximum atomic E-state index is 14.5. The van der Waals surface area contributed by atoms with E-state index in [-0.39, 0.29) is 17.7 Å². The standard InChI is InChI=1S/C21H22ClF4N5OS/c1-19(2,3)33(32)30-20(10-18-28-12-29-31(18)4,17-6-5-15(22)11-27-17)13-7-14(21(24,25)26)9-16(23)8-13/h5-9,11-12,30H,10H2,1-4H3/t20-,33?/m0/s1. The summed E-state index contributed by atoms with van der Waals surface area (Å²) in [6, 6.07) is 5.19. The Kier molecular flexibility index (Phi) is 7.09. The van der Waals surface area contributed by atoms with E-state index in [2.05, 4.69) is 19.8 Å². The van der Waals surface area contributed by atoms with Gasteiger partial charge in [-0.15, -0.1) is 4.72 Å². The molecule has 33 heavy (non-hydrogen) atoms. The first-order chi connectivity index (χ1) is 15.2. The van der Waals surface area contributed by atoms with Crippen molar-refractivity contribution < 1.29 is 22.1 Å². The fraction of sp³-hybridized carbons (Fsp3) is 0.381. The molecule has 12 heteroatoms. The van der Waals surface area contributed by atoms with Gasteiger partial charge in [-0.2, -0.15) is 18.3 Å². The van der Waals surface area contributed by atoms with E-state index >= 15 is 0 Å². The van der Waals surface area contributed by atoms with Crippen LogP contribution in [-0.4, -0.2) is 29.0 Å². The zero-order valence-electron chi connectivity index (χ0n) is 18.2. The largest absolute Gasteiger partial charge is 0.598 e. The van der Waals surface area contributed by atoms with Crippen LogP contribution in [0.25, 0.3) is 0 Å². The van der Waals surface area contributed by atoms with Crippen molar-refractivity contribution in [1.29, 1.82) is 0 Å². The minimum Gasteiger partial charge on any atom is -0.598 e. The molecule has 0 spiro atoms. The van der Waals surface area contributed by atoms with Gasteiger partial charge in [0.05, 0.1) is 16.3 Å². The minimum absolute atomic E-state index is 0.120. The molecular formula is C21H22ClF4N5OS. The molecule has 3 aromatic rings. The fourth-order valence-corrected chi connectivity index (χ4v) is 4.17. The SMILES string of the molecule is Cn1ncnc1C[C@](N[S+]([O-])C(C)(C)C)(c1cc(F)cc(C(F)(F)F)c1)c1ccc(Cl)cn1. The van der Waals surface area contributed by atoms with Crippen LogP contribution in [0.2, 0.25) is 5.02 Å². The molecule has 2 atom stereocenters. The van der Waals surface area contributed by atoms with Gasteiger partial charge in [0, 0.05) is 31.0 Å². The van der Waals surface area contributed by atoms with Crippen molar-refractivity contribution in [2.75, 3.05) is 0 Å². The lowest BCUT2D eigenvalue weighted by Gasteiger charge is -2.37. The fourth-order valence-electron chi connectivity index (χ4n) is 3.14. The second-order valence-corrected chi connectivity index (χ2v) is 10.9. The van der Waals surface area contributed by atoms with Gasteiger partial charge < -0.3 is 4.55 Å². The summed E-state index contributed by atoms with van der Waals surface area (Å²) in [5.41, 5.74) is -2.78. The number of alkyl halides is 3. The third-order valence-electron chi connectivity index (χ3n) is 4.93. The van der Waals surface area contributed by atoms with Gasteiger partial charge in [0.25, 0.3) is 0 Å². The van der Waals surface area contributed by atoms with Crippen LogP contribution in [0.3, 0.4) is 0 Å². The normalized spacial score (nSPS) is 15.3. The number of aryl methyl sites for hydroxylation is 1. The summed E-state index contributed by atoms with van der Waals surface area (Å²) in [6.07, 6.45) is -2.33. The summed E-state index contributed by atoms with van der Waals surface area (Å²) in [7, 11) is 1.61. The molecule has 0 bridgehead atoms. The van der Waals surface area contributed by atoms with Crippen molar-refractivity contribution in [2.45, 2.75) is 43.7 Å². The highest BCUT2D eigenvalue weighted by Crippen LogP contribution is 2.38. The maximum absolute atomic E-state index is 14.5. The Bertz CT molecular complexity index is 1120. The van der Waals surface area contributed by atoms with E-state index in [4.69, 9.17) is 11.6 Å². The molecule has 1 N–H and O–H groups in total. The van der Waals surface area contributed by atoms with E-state index < -0.39 is 39.2 Å². The average molecular weight is 504 g/mol. The van der Waals surface area contributed by atoms with E-state index in [1.165, 1.54) is 29.3 Å². The number of aromatic nitrogens is 4. The zero-order chi connectivity index (χ0) is 24.6. The maximum Gasteiger partial charge on any atom is 0.416 e. The van der Waals surface area contributed by atoms with Gasteiger partial charge in [-0.3, -0.25) is 9.67 Å². The molecular weight excluding hydrogens is 482 g/mol. The molecule has 2 aromatic heterocycles. The van der Waals surface area contributed by atoms with Crippen molar-refractivity contribution >= 4 is 23.0 Å². The lowest BCUT2D eigenvalue weighted by molar-refractivity contribution is -0.137. The van der Waals surface area contributed by atoms with Gasteiger partial charge in [0.15, 0.2) is 0 Å². The van der Waals surface area contributed by atoms with E-state index in [0.29, 0.717) is 16.9 Å². The highest BCUT2D eigenvalue weighted by molar-refractivity contribution is 7.90. The zero-order valence-corrected chi connectivity index (χ0v) is 19.8. The predicted molar refractivity (Wildman–Crippen MR) is 117 cm³/mol. The van der Waals surface area contributed by atoms with Crippen molar-refractivity contribution in [1.82, 2.24) is 24.5 Å². The number of hydrogen-bond donors (Lipinski definition) is 1. The molecule has 1 aromatic carbocycles. The highest BCUT2D eigenvalue weighted by atomic mass is 35.5. The van der Waals surface area contributed by atoms with Crippen LogP contribution >= 0.6 is 11.6 Å². The molecule has 0 amide bonds. The van der Waals surface area contributed by atoms with Crippen LogP contribution in [0, 0.1) is 5.82 Å². The molecule has 0 aliphatic heterocycles. The van der Waals surface area contributed by atoms with Gasteiger partial charge >= 0.3 is 6.18 Å². The Morgan fingerprint density at radius 1 is 1.09 bits per heavy atom. The molecule has 0 aliphatic carbocycles. The quantitative estimate of drug-likeness (QED) is 0.394. The Hall–Kier alpha value is -2.21. The first-order valence-corrected chi connectivity index (χ1v) is 11.3. The number of rotatable bonds is 6. The number of benzene rings is 1. The van der Waals surface area contributed by atoms with E-state index in [1.54, 1.807) is 27.8 Å². The second-order valence-electron chi connectivity index (χ2n) is 8.45. The summed E-state index contributed by atoms with van der Waals surface area (Å²) >= 11 is 4.19. The van der Waals surface area contributed by atoms with Crippen molar-refractivity contribution in [3.05, 3.63) is 76.3 Å². The van der Waals surface area contributed by atoms with E-state index in [9.17, 15) is 22.1 Å². The second kappa shape index (κ2) is 9.21. The van der Waals surface area contributed by atoms with Gasteiger partial charge in [-0.1, -0.05) is 11.6 Å². The minimum atomic E-state index is -4.80. The van der Waals surface area contributed by atoms with E-state index in [1.807, 2.05) is 0 Å². The number of nitrogens with one attached hydrogen (secondary N) is 1. The molecule has 0 aliphatic rings. The first kappa shape index (κ1) is 25.4. The Morgan fingerprint density at radius 2 is 1.76 bits per heavy atom. The van der Waals surface area contributed by atoms with Crippen molar-refractivity contribution in [2.24, 2.45) is 7.05 Å². The Labute approximate surface area is 196 Å². The van der Waals surface area contributed by atoms with Crippen LogP contribution in [0.5, 0.6) is 0 Å². The summed E-state index contributed by atoms with van der Waals surface area (Å²) in [6.45, 7) is 5.10. The lowest BCUT2D eigenvalue weighted by Crippen LogP contribution is -2.54. The molecule has 2 heterocycles. The predicted octanol–water partition coefficient (Wildman–Crippen LogP) is 4.56. The van der Waals surface area contributed by atoms with Gasteiger partial charge in [-0.05, 0) is 56.7 Å². The molecule has 0 fully saturated rings. The van der Waals surface area contributed by atoms with Gasteiger partial charge in [0.1, 0.15) is 28.3 Å². The molecule has 6 nitrogen and oxygen atoms in total. The molecule has 0 radical (unpaired) electrons. The Morgan fingerprint density at radius 3 is 2.27 bits per heavy atom. The van der Waals surface area contributed by atoms with Crippen LogP contribution in [0.15, 0.2) is 42.9 Å². The first-order valence-electron chi connectivity index (χ1n) is 9.75. The van der Waals surface area contributed by atoms with Gasteiger partial charge in [0.2, 0.25) is 0 Å². The number of pyridine rings is 1. The van der Waals surface area contributed by atoms with Crippen LogP contribution in [-0.2, 0) is 36.5 Å². The Balaban J connectivity index is 2.34. The van der Waals surface area contributed by atoms with Crippen LogP contribution in [0.1, 0.15) is 43.4 Å². The van der Waals surface area contributed by atoms with Crippen molar-refractivity contribution in [3.63, 3.8) is 0 Å². The summed E-state index contributed by atoms with van der Waals surface area (Å²) in [5, 5.41) is 4.30. The summed E-state index contributed by atoms with van der Waals surface area (Å²) in [5.74, 6) is -0.748. The molecule has 178 valence electrons. The third kappa shape index (κ3) is 5.65. The topological polar surface area (TPSA) is 78.7 Å². The number of nitrogens with zero attached hydrogens (tertiary/aromatic N) is 4. The highest BCUT2D eigenvalue weighted by Gasteiger charge is 2.46.